The maximum atomic E-state index is 12.2. The molecular weight excluding hydrogens is 322 g/mol. The van der Waals surface area contributed by atoms with Gasteiger partial charge in [0.2, 0.25) is 0 Å². The van der Waals surface area contributed by atoms with Crippen molar-refractivity contribution in [2.45, 2.75) is 30.6 Å². The largest absolute Gasteiger partial charge is 0.611 e. The van der Waals surface area contributed by atoms with Crippen LogP contribution < -0.4 is 0 Å². The van der Waals surface area contributed by atoms with E-state index in [0.29, 0.717) is 11.4 Å². The number of rotatable bonds is 1. The minimum Gasteiger partial charge on any atom is -0.611 e. The number of pyridine rings is 1. The molecule has 2 aromatic rings. The SMILES string of the molecule is CC1(C)CC[S+]([O-])c2ccc(C#Cc3ccc(C(=O)O)cn3)cc21. The third-order valence-electron chi connectivity index (χ3n) is 4.21. The number of carboxylic acids is 1. The minimum absolute atomic E-state index is 0.0116. The lowest BCUT2D eigenvalue weighted by Gasteiger charge is -2.32. The van der Waals surface area contributed by atoms with Crippen molar-refractivity contribution in [3.63, 3.8) is 0 Å². The van der Waals surface area contributed by atoms with Gasteiger partial charge in [0.05, 0.1) is 5.56 Å². The molecule has 122 valence electrons. The summed E-state index contributed by atoms with van der Waals surface area (Å²) in [5.41, 5.74) is 2.57. The molecule has 1 aliphatic heterocycles. The van der Waals surface area contributed by atoms with E-state index in [1.165, 1.54) is 12.3 Å². The van der Waals surface area contributed by atoms with Crippen molar-refractivity contribution in [3.8, 4) is 11.8 Å². The van der Waals surface area contributed by atoms with E-state index in [9.17, 15) is 9.35 Å². The number of aromatic carboxylic acids is 1. The molecule has 1 unspecified atom stereocenters. The molecule has 1 aromatic heterocycles. The molecule has 3 rings (SSSR count). The summed E-state index contributed by atoms with van der Waals surface area (Å²) in [5.74, 6) is 5.69. The van der Waals surface area contributed by atoms with Crippen LogP contribution in [0.1, 0.15) is 47.4 Å². The Labute approximate surface area is 144 Å². The molecule has 0 fully saturated rings. The summed E-state index contributed by atoms with van der Waals surface area (Å²) in [4.78, 5) is 15.8. The van der Waals surface area contributed by atoms with E-state index in [2.05, 4.69) is 30.7 Å². The molecule has 1 N–H and O–H groups in total. The number of aromatic nitrogens is 1. The Bertz CT molecular complexity index is 847. The summed E-state index contributed by atoms with van der Waals surface area (Å²) in [6, 6.07) is 8.85. The Hall–Kier alpha value is -2.29. The molecule has 0 saturated heterocycles. The first-order chi connectivity index (χ1) is 11.4. The third kappa shape index (κ3) is 3.30. The second-order valence-corrected chi connectivity index (χ2v) is 7.92. The van der Waals surface area contributed by atoms with Crippen LogP contribution >= 0.6 is 0 Å². The lowest BCUT2D eigenvalue weighted by atomic mass is 9.81. The summed E-state index contributed by atoms with van der Waals surface area (Å²) in [7, 11) is 0. The maximum absolute atomic E-state index is 12.2. The van der Waals surface area contributed by atoms with E-state index in [4.69, 9.17) is 5.11 Å². The molecule has 1 atom stereocenters. The molecule has 5 heteroatoms. The van der Waals surface area contributed by atoms with Gasteiger partial charge >= 0.3 is 5.97 Å². The maximum Gasteiger partial charge on any atom is 0.337 e. The van der Waals surface area contributed by atoms with Crippen LogP contribution in [0.3, 0.4) is 0 Å². The summed E-state index contributed by atoms with van der Waals surface area (Å²) in [6.45, 7) is 4.32. The van der Waals surface area contributed by atoms with E-state index >= 15 is 0 Å². The van der Waals surface area contributed by atoms with E-state index in [-0.39, 0.29) is 11.0 Å². The van der Waals surface area contributed by atoms with Crippen molar-refractivity contribution in [2.24, 2.45) is 0 Å². The van der Waals surface area contributed by atoms with Crippen molar-refractivity contribution in [1.29, 1.82) is 0 Å². The second kappa shape index (κ2) is 6.31. The van der Waals surface area contributed by atoms with E-state index in [1.807, 2.05) is 18.2 Å². The molecule has 1 aliphatic rings. The van der Waals surface area contributed by atoms with Gasteiger partial charge in [-0.15, -0.1) is 0 Å². The zero-order chi connectivity index (χ0) is 17.3. The van der Waals surface area contributed by atoms with Gasteiger partial charge in [0, 0.05) is 23.7 Å². The van der Waals surface area contributed by atoms with Gasteiger partial charge in [-0.1, -0.05) is 19.8 Å². The van der Waals surface area contributed by atoms with Crippen LogP contribution in [0.15, 0.2) is 41.4 Å². The summed E-state index contributed by atoms with van der Waals surface area (Å²) in [5, 5.41) is 8.87. The van der Waals surface area contributed by atoms with Crippen molar-refractivity contribution in [3.05, 3.63) is 58.9 Å². The molecule has 0 saturated carbocycles. The van der Waals surface area contributed by atoms with Gasteiger partial charge in [0.25, 0.3) is 0 Å². The molecule has 4 nitrogen and oxygen atoms in total. The number of carbonyl (C=O) groups is 1. The molecular formula is C19H17NO3S. The predicted molar refractivity (Wildman–Crippen MR) is 92.5 cm³/mol. The summed E-state index contributed by atoms with van der Waals surface area (Å²) < 4.78 is 12.2. The normalized spacial score (nSPS) is 18.2. The molecule has 0 bridgehead atoms. The van der Waals surface area contributed by atoms with E-state index in [0.717, 1.165) is 22.4 Å². The number of fused-ring (bicyclic) bond motifs is 1. The van der Waals surface area contributed by atoms with Crippen LogP contribution in [0.5, 0.6) is 0 Å². The fraction of sp³-hybridized carbons (Fsp3) is 0.263. The summed E-state index contributed by atoms with van der Waals surface area (Å²) >= 11 is -0.933. The van der Waals surface area contributed by atoms with Crippen molar-refractivity contribution in [1.82, 2.24) is 4.98 Å². The standard InChI is InChI=1S/C19H17NO3S/c1-19(2)9-10-24(23)17-8-4-13(11-16(17)19)3-6-15-7-5-14(12-20-15)18(21)22/h4-5,7-8,11-12H,9-10H2,1-2H3,(H,21,22). The van der Waals surface area contributed by atoms with Gasteiger partial charge in [-0.3, -0.25) is 0 Å². The minimum atomic E-state index is -1.01. The Balaban J connectivity index is 1.91. The zero-order valence-corrected chi connectivity index (χ0v) is 14.3. The molecule has 1 aromatic carbocycles. The van der Waals surface area contributed by atoms with Crippen LogP contribution in [0.2, 0.25) is 0 Å². The topological polar surface area (TPSA) is 73.2 Å². The Morgan fingerprint density at radius 2 is 2.08 bits per heavy atom. The molecule has 24 heavy (non-hydrogen) atoms. The van der Waals surface area contributed by atoms with Gasteiger partial charge in [-0.2, -0.15) is 0 Å². The van der Waals surface area contributed by atoms with Crippen molar-refractivity contribution >= 4 is 17.1 Å². The number of benzene rings is 1. The molecule has 0 aliphatic carbocycles. The number of nitrogens with zero attached hydrogens (tertiary/aromatic N) is 1. The first-order valence-electron chi connectivity index (χ1n) is 7.61. The van der Waals surface area contributed by atoms with Gasteiger partial charge in [0.15, 0.2) is 4.90 Å². The molecule has 0 amide bonds. The highest BCUT2D eigenvalue weighted by Crippen LogP contribution is 2.38. The van der Waals surface area contributed by atoms with Gasteiger partial charge in [0.1, 0.15) is 11.4 Å². The third-order valence-corrected chi connectivity index (χ3v) is 5.63. The van der Waals surface area contributed by atoms with Crippen molar-refractivity contribution < 1.29 is 14.5 Å². The number of hydrogen-bond acceptors (Lipinski definition) is 3. The van der Waals surface area contributed by atoms with Crippen molar-refractivity contribution in [2.75, 3.05) is 5.75 Å². The highest BCUT2D eigenvalue weighted by molar-refractivity contribution is 7.91. The van der Waals surface area contributed by atoms with E-state index in [1.54, 1.807) is 6.07 Å². The predicted octanol–water partition coefficient (Wildman–Crippen LogP) is 2.97. The summed E-state index contributed by atoms with van der Waals surface area (Å²) in [6.07, 6.45) is 2.19. The second-order valence-electron chi connectivity index (χ2n) is 6.38. The average Bonchev–Trinajstić information content (AvgIpc) is 2.57. The highest BCUT2D eigenvalue weighted by atomic mass is 32.2. The smallest absolute Gasteiger partial charge is 0.337 e. The van der Waals surface area contributed by atoms with Gasteiger partial charge < -0.3 is 9.66 Å². The highest BCUT2D eigenvalue weighted by Gasteiger charge is 2.35. The van der Waals surface area contributed by atoms with Gasteiger partial charge in [-0.05, 0) is 52.8 Å². The quantitative estimate of drug-likeness (QED) is 0.640. The lowest BCUT2D eigenvalue weighted by Crippen LogP contribution is -2.30. The fourth-order valence-electron chi connectivity index (χ4n) is 2.66. The van der Waals surface area contributed by atoms with E-state index < -0.39 is 17.1 Å². The first kappa shape index (κ1) is 16.6. The monoisotopic (exact) mass is 339 g/mol. The van der Waals surface area contributed by atoms with Crippen LogP contribution in [0, 0.1) is 11.8 Å². The zero-order valence-electron chi connectivity index (χ0n) is 13.5. The lowest BCUT2D eigenvalue weighted by molar-refractivity contribution is 0.0696. The van der Waals surface area contributed by atoms with Crippen LogP contribution in [0.25, 0.3) is 0 Å². The first-order valence-corrected chi connectivity index (χ1v) is 8.93. The number of hydrogen-bond donors (Lipinski definition) is 1. The molecule has 0 spiro atoms. The number of carboxylic acid groups (broad SMARTS) is 1. The Morgan fingerprint density at radius 1 is 1.29 bits per heavy atom. The van der Waals surface area contributed by atoms with Gasteiger partial charge in [-0.25, -0.2) is 9.78 Å². The van der Waals surface area contributed by atoms with Crippen LogP contribution in [0.4, 0.5) is 0 Å². The van der Waals surface area contributed by atoms with Crippen LogP contribution in [-0.2, 0) is 16.6 Å². The fourth-order valence-corrected chi connectivity index (χ4v) is 4.37. The molecule has 0 radical (unpaired) electrons. The Morgan fingerprint density at radius 3 is 2.75 bits per heavy atom. The Kier molecular flexibility index (Phi) is 4.35. The molecule has 2 heterocycles. The van der Waals surface area contributed by atoms with Crippen LogP contribution in [-0.4, -0.2) is 26.4 Å². The average molecular weight is 339 g/mol.